The predicted octanol–water partition coefficient (Wildman–Crippen LogP) is 11.3. The molecule has 2 saturated carbocycles. The Bertz CT molecular complexity index is 547. The number of nitrogens with two attached hydrogens (primary N) is 1. The fourth-order valence-corrected chi connectivity index (χ4v) is 5.77. The van der Waals surface area contributed by atoms with E-state index in [1.165, 1.54) is 115 Å². The van der Waals surface area contributed by atoms with Crippen LogP contribution in [0, 0.1) is 29.1 Å². The molecule has 2 unspecified atom stereocenters. The van der Waals surface area contributed by atoms with Crippen LogP contribution in [0.4, 0.5) is 0 Å². The van der Waals surface area contributed by atoms with Gasteiger partial charge in [-0.05, 0) is 86.2 Å². The molecule has 0 radical (unpaired) electrons. The fraction of sp³-hybridized carbons (Fsp3) is 0.882. The lowest BCUT2D eigenvalue weighted by molar-refractivity contribution is 0.226. The van der Waals surface area contributed by atoms with Crippen molar-refractivity contribution in [2.75, 3.05) is 6.54 Å². The summed E-state index contributed by atoms with van der Waals surface area (Å²) in [5, 5.41) is 0. The fourth-order valence-electron chi connectivity index (χ4n) is 5.77. The Kier molecular flexibility index (Phi) is 19.2. The molecule has 0 saturated heterocycles. The Balaban J connectivity index is 0.000000563. The van der Waals surface area contributed by atoms with Gasteiger partial charge in [0.05, 0.1) is 0 Å². The Hall–Kier alpha value is -0.560. The highest BCUT2D eigenvalue weighted by Gasteiger charge is 2.24. The molecule has 0 heterocycles. The summed E-state index contributed by atoms with van der Waals surface area (Å²) in [6, 6.07) is 0. The molecule has 0 aromatic rings. The maximum atomic E-state index is 5.64. The summed E-state index contributed by atoms with van der Waals surface area (Å²) in [5.41, 5.74) is 9.10. The molecular formula is C34H67N. The minimum atomic E-state index is 0. The number of rotatable bonds is 10. The standard InChI is InChI=1S/C18H32.C8H17N.C7H14.CH4/c1-6-14(3)11-15(4)9-8-10-16(5)18-12-17(7-2)13-18;1-8(7-9)5-3-2-4-6-8;1-7-5-3-2-4-6-7;/h12,14-15,17H,5-11,13H2,1-4H3;2-7,9H2,1H3;7H,2-6H2,1H3;1H4/t14-,15?,17?;;;/m0.../s1. The number of hydrogen-bond acceptors (Lipinski definition) is 1. The summed E-state index contributed by atoms with van der Waals surface area (Å²) in [6.45, 7) is 19.2. The first-order valence-corrected chi connectivity index (χ1v) is 15.3. The van der Waals surface area contributed by atoms with Crippen molar-refractivity contribution in [1.29, 1.82) is 0 Å². The molecule has 208 valence electrons. The van der Waals surface area contributed by atoms with Crippen LogP contribution in [0.3, 0.4) is 0 Å². The van der Waals surface area contributed by atoms with Gasteiger partial charge in [0.1, 0.15) is 0 Å². The summed E-state index contributed by atoms with van der Waals surface area (Å²) in [5.74, 6) is 3.66. The van der Waals surface area contributed by atoms with E-state index in [9.17, 15) is 0 Å². The van der Waals surface area contributed by atoms with Crippen molar-refractivity contribution in [2.24, 2.45) is 34.8 Å². The summed E-state index contributed by atoms with van der Waals surface area (Å²) in [7, 11) is 0. The quantitative estimate of drug-likeness (QED) is 0.324. The van der Waals surface area contributed by atoms with Gasteiger partial charge in [-0.1, -0.05) is 131 Å². The van der Waals surface area contributed by atoms with Crippen molar-refractivity contribution >= 4 is 0 Å². The third kappa shape index (κ3) is 15.3. The zero-order valence-electron chi connectivity index (χ0n) is 24.4. The van der Waals surface area contributed by atoms with Crippen molar-refractivity contribution in [2.45, 2.75) is 158 Å². The van der Waals surface area contributed by atoms with E-state index in [-0.39, 0.29) is 7.43 Å². The van der Waals surface area contributed by atoms with Gasteiger partial charge in [0, 0.05) is 0 Å². The van der Waals surface area contributed by atoms with Gasteiger partial charge in [-0.2, -0.15) is 0 Å². The lowest BCUT2D eigenvalue weighted by Crippen LogP contribution is -2.29. The molecule has 1 nitrogen and oxygen atoms in total. The number of hydrogen-bond donors (Lipinski definition) is 1. The third-order valence-corrected chi connectivity index (χ3v) is 9.02. The van der Waals surface area contributed by atoms with E-state index < -0.39 is 0 Å². The highest BCUT2D eigenvalue weighted by atomic mass is 14.6. The van der Waals surface area contributed by atoms with Gasteiger partial charge in [0.15, 0.2) is 0 Å². The van der Waals surface area contributed by atoms with Crippen molar-refractivity contribution in [3.05, 3.63) is 23.8 Å². The highest BCUT2D eigenvalue weighted by molar-refractivity contribution is 5.35. The van der Waals surface area contributed by atoms with Crippen molar-refractivity contribution in [3.8, 4) is 0 Å². The SMILES string of the molecule is C.C=C(CCCC(C)C[C@@H](C)CC)C1=CC(CC)C1.CC1(CN)CCCCC1.CC1CCCCC1. The molecule has 0 bridgehead atoms. The van der Waals surface area contributed by atoms with Gasteiger partial charge < -0.3 is 5.73 Å². The molecule has 0 aromatic carbocycles. The van der Waals surface area contributed by atoms with Crippen molar-refractivity contribution in [1.82, 2.24) is 0 Å². The molecule has 1 heteroatoms. The van der Waals surface area contributed by atoms with Crippen LogP contribution < -0.4 is 5.73 Å². The Labute approximate surface area is 223 Å². The van der Waals surface area contributed by atoms with Crippen molar-refractivity contribution < 1.29 is 0 Å². The summed E-state index contributed by atoms with van der Waals surface area (Å²) >= 11 is 0. The van der Waals surface area contributed by atoms with Crippen molar-refractivity contribution in [3.63, 3.8) is 0 Å². The first-order valence-electron chi connectivity index (χ1n) is 15.3. The summed E-state index contributed by atoms with van der Waals surface area (Å²) < 4.78 is 0. The zero-order chi connectivity index (χ0) is 25.4. The van der Waals surface area contributed by atoms with Crippen LogP contribution in [-0.4, -0.2) is 6.54 Å². The van der Waals surface area contributed by atoms with Gasteiger partial charge in [-0.15, -0.1) is 0 Å². The lowest BCUT2D eigenvalue weighted by atomic mass is 9.76. The minimum Gasteiger partial charge on any atom is -0.330 e. The van der Waals surface area contributed by atoms with Crippen LogP contribution in [0.5, 0.6) is 0 Å². The monoisotopic (exact) mass is 490 g/mol. The van der Waals surface area contributed by atoms with E-state index in [1.54, 1.807) is 5.57 Å². The molecule has 0 aromatic heterocycles. The predicted molar refractivity (Wildman–Crippen MR) is 162 cm³/mol. The molecule has 3 atom stereocenters. The largest absolute Gasteiger partial charge is 0.330 e. The van der Waals surface area contributed by atoms with E-state index in [2.05, 4.69) is 54.2 Å². The smallest absolute Gasteiger partial charge is 0.00232 e. The molecular weight excluding hydrogens is 422 g/mol. The molecule has 35 heavy (non-hydrogen) atoms. The van der Waals surface area contributed by atoms with Crippen LogP contribution >= 0.6 is 0 Å². The first kappa shape index (κ1) is 34.4. The third-order valence-electron chi connectivity index (χ3n) is 9.02. The van der Waals surface area contributed by atoms with E-state index in [0.717, 1.165) is 30.2 Å². The molecule has 2 N–H and O–H groups in total. The highest BCUT2D eigenvalue weighted by Crippen LogP contribution is 2.35. The van der Waals surface area contributed by atoms with Gasteiger partial charge in [-0.25, -0.2) is 0 Å². The van der Waals surface area contributed by atoms with E-state index in [4.69, 9.17) is 5.73 Å². The Morgan fingerprint density at radius 3 is 2.03 bits per heavy atom. The Morgan fingerprint density at radius 2 is 1.60 bits per heavy atom. The molecule has 0 amide bonds. The summed E-state index contributed by atoms with van der Waals surface area (Å²) in [6.07, 6.45) is 26.0. The zero-order valence-corrected chi connectivity index (χ0v) is 24.4. The van der Waals surface area contributed by atoms with Gasteiger partial charge in [0.2, 0.25) is 0 Å². The maximum absolute atomic E-state index is 5.64. The molecule has 3 aliphatic rings. The van der Waals surface area contributed by atoms with Gasteiger partial charge >= 0.3 is 0 Å². The van der Waals surface area contributed by atoms with Crippen LogP contribution in [0.2, 0.25) is 0 Å². The minimum absolute atomic E-state index is 0. The maximum Gasteiger partial charge on any atom is -0.00232 e. The summed E-state index contributed by atoms with van der Waals surface area (Å²) in [4.78, 5) is 0. The molecule has 0 aliphatic heterocycles. The van der Waals surface area contributed by atoms with E-state index >= 15 is 0 Å². The van der Waals surface area contributed by atoms with Crippen LogP contribution in [0.25, 0.3) is 0 Å². The van der Waals surface area contributed by atoms with Gasteiger partial charge in [0.25, 0.3) is 0 Å². The average molecular weight is 490 g/mol. The molecule has 2 fully saturated rings. The number of allylic oxidation sites excluding steroid dienone is 3. The van der Waals surface area contributed by atoms with E-state index in [1.807, 2.05) is 0 Å². The molecule has 3 rings (SSSR count). The topological polar surface area (TPSA) is 26.0 Å². The lowest BCUT2D eigenvalue weighted by Gasteiger charge is -2.31. The van der Waals surface area contributed by atoms with Crippen LogP contribution in [0.15, 0.2) is 23.8 Å². The second kappa shape index (κ2) is 19.5. The normalized spacial score (nSPS) is 23.1. The molecule has 0 spiro atoms. The Morgan fingerprint density at radius 1 is 1.03 bits per heavy atom. The van der Waals surface area contributed by atoms with Crippen LogP contribution in [0.1, 0.15) is 158 Å². The second-order valence-corrected chi connectivity index (χ2v) is 12.7. The first-order chi connectivity index (χ1) is 16.2. The van der Waals surface area contributed by atoms with Crippen LogP contribution in [-0.2, 0) is 0 Å². The average Bonchev–Trinajstić information content (AvgIpc) is 2.80. The second-order valence-electron chi connectivity index (χ2n) is 12.7. The molecule has 3 aliphatic carbocycles. The van der Waals surface area contributed by atoms with E-state index in [0.29, 0.717) is 5.41 Å². The van der Waals surface area contributed by atoms with Gasteiger partial charge in [-0.3, -0.25) is 0 Å².